The van der Waals surface area contributed by atoms with E-state index >= 15 is 0 Å². The molecule has 23 heavy (non-hydrogen) atoms. The number of carbonyl (C=O) groups is 2. The lowest BCUT2D eigenvalue weighted by atomic mass is 9.97. The van der Waals surface area contributed by atoms with Crippen LogP contribution in [0.5, 0.6) is 0 Å². The van der Waals surface area contributed by atoms with Crippen molar-refractivity contribution in [3.63, 3.8) is 0 Å². The number of carbonyl (C=O) groups excluding carboxylic acids is 2. The van der Waals surface area contributed by atoms with Gasteiger partial charge in [0.15, 0.2) is 6.61 Å². The van der Waals surface area contributed by atoms with Crippen LogP contribution in [-0.4, -0.2) is 36.4 Å². The van der Waals surface area contributed by atoms with Crippen LogP contribution in [0.2, 0.25) is 0 Å². The van der Waals surface area contributed by atoms with Crippen molar-refractivity contribution in [2.24, 2.45) is 5.92 Å². The highest BCUT2D eigenvalue weighted by Gasteiger charge is 2.40. The van der Waals surface area contributed by atoms with E-state index in [0.29, 0.717) is 6.42 Å². The van der Waals surface area contributed by atoms with Crippen molar-refractivity contribution in [3.8, 4) is 0 Å². The Labute approximate surface area is 139 Å². The molecule has 0 N–H and O–H groups in total. The minimum absolute atomic E-state index is 0.0970. The predicted octanol–water partition coefficient (Wildman–Crippen LogP) is 3.39. The van der Waals surface area contributed by atoms with Crippen LogP contribution >= 0.6 is 0 Å². The van der Waals surface area contributed by atoms with Gasteiger partial charge in [-0.25, -0.2) is 4.79 Å². The Hall–Kier alpha value is -1.10. The van der Waals surface area contributed by atoms with Crippen LogP contribution in [0.4, 0.5) is 0 Å². The van der Waals surface area contributed by atoms with Gasteiger partial charge in [0.2, 0.25) is 0 Å². The van der Waals surface area contributed by atoms with E-state index in [1.165, 1.54) is 0 Å². The van der Waals surface area contributed by atoms with Crippen molar-refractivity contribution in [2.75, 3.05) is 6.61 Å². The fourth-order valence-corrected chi connectivity index (χ4v) is 3.78. The molecule has 0 aromatic heterocycles. The summed E-state index contributed by atoms with van der Waals surface area (Å²) in [5.74, 6) is -1.02. The molecular formula is C18H30O5. The second-order valence-electron chi connectivity index (χ2n) is 6.78. The van der Waals surface area contributed by atoms with E-state index in [-0.39, 0.29) is 36.3 Å². The summed E-state index contributed by atoms with van der Waals surface area (Å²) in [6.07, 6.45) is 7.20. The summed E-state index contributed by atoms with van der Waals surface area (Å²) in [6, 6.07) is 0. The van der Waals surface area contributed by atoms with Gasteiger partial charge in [-0.3, -0.25) is 4.79 Å². The van der Waals surface area contributed by atoms with Crippen LogP contribution in [0.1, 0.15) is 72.1 Å². The minimum Gasteiger partial charge on any atom is -0.457 e. The Balaban J connectivity index is 1.80. The highest BCUT2D eigenvalue weighted by molar-refractivity contribution is 5.78. The summed E-state index contributed by atoms with van der Waals surface area (Å²) in [7, 11) is 0. The Kier molecular flexibility index (Phi) is 6.45. The smallest absolute Gasteiger partial charge is 0.344 e. The Morgan fingerprint density at radius 1 is 1.13 bits per heavy atom. The van der Waals surface area contributed by atoms with Crippen LogP contribution in [0.3, 0.4) is 0 Å². The van der Waals surface area contributed by atoms with Gasteiger partial charge in [-0.1, -0.05) is 20.8 Å². The first kappa shape index (κ1) is 18.2. The topological polar surface area (TPSA) is 61.8 Å². The molecule has 1 aliphatic heterocycles. The molecule has 0 bridgehead atoms. The molecule has 2 aliphatic rings. The standard InChI is InChI=1S/C18H30O5/c1-4-13-11-14(15(5-2)22-13)17(20)21-12-16(19)23-18(6-3)9-7-8-10-18/h13-15H,4-12H2,1-3H3. The van der Waals surface area contributed by atoms with Gasteiger partial charge in [0.05, 0.1) is 18.1 Å². The van der Waals surface area contributed by atoms with Crippen molar-refractivity contribution < 1.29 is 23.8 Å². The van der Waals surface area contributed by atoms with Gasteiger partial charge in [0, 0.05) is 0 Å². The van der Waals surface area contributed by atoms with Crippen molar-refractivity contribution in [1.29, 1.82) is 0 Å². The van der Waals surface area contributed by atoms with Gasteiger partial charge >= 0.3 is 11.9 Å². The van der Waals surface area contributed by atoms with Gasteiger partial charge in [-0.2, -0.15) is 0 Å². The molecule has 132 valence electrons. The predicted molar refractivity (Wildman–Crippen MR) is 85.9 cm³/mol. The summed E-state index contributed by atoms with van der Waals surface area (Å²) in [6.45, 7) is 5.80. The molecule has 1 aliphatic carbocycles. The zero-order chi connectivity index (χ0) is 16.9. The van der Waals surface area contributed by atoms with Gasteiger partial charge in [0.1, 0.15) is 5.60 Å². The van der Waals surface area contributed by atoms with Crippen molar-refractivity contribution in [1.82, 2.24) is 0 Å². The van der Waals surface area contributed by atoms with E-state index in [0.717, 1.165) is 44.9 Å². The average Bonchev–Trinajstić information content (AvgIpc) is 3.19. The Bertz CT molecular complexity index is 414. The third-order valence-corrected chi connectivity index (χ3v) is 5.32. The van der Waals surface area contributed by atoms with Crippen LogP contribution in [0.15, 0.2) is 0 Å². The summed E-state index contributed by atoms with van der Waals surface area (Å²) >= 11 is 0. The number of hydrogen-bond donors (Lipinski definition) is 0. The molecule has 2 rings (SSSR count). The Morgan fingerprint density at radius 2 is 1.83 bits per heavy atom. The summed E-state index contributed by atoms with van der Waals surface area (Å²) < 4.78 is 16.7. The van der Waals surface area contributed by atoms with E-state index in [1.54, 1.807) is 0 Å². The molecule has 2 fully saturated rings. The highest BCUT2D eigenvalue weighted by Crippen LogP contribution is 2.36. The molecule has 0 aromatic carbocycles. The molecule has 0 radical (unpaired) electrons. The second kappa shape index (κ2) is 8.13. The first-order valence-corrected chi connectivity index (χ1v) is 9.07. The molecule has 1 heterocycles. The quantitative estimate of drug-likeness (QED) is 0.671. The number of hydrogen-bond acceptors (Lipinski definition) is 5. The molecule has 5 heteroatoms. The third-order valence-electron chi connectivity index (χ3n) is 5.32. The van der Waals surface area contributed by atoms with E-state index in [1.807, 2.05) is 20.8 Å². The fourth-order valence-electron chi connectivity index (χ4n) is 3.78. The molecule has 3 atom stereocenters. The second-order valence-corrected chi connectivity index (χ2v) is 6.78. The molecule has 0 spiro atoms. The zero-order valence-corrected chi connectivity index (χ0v) is 14.6. The minimum atomic E-state index is -0.430. The van der Waals surface area contributed by atoms with Crippen molar-refractivity contribution in [3.05, 3.63) is 0 Å². The summed E-state index contributed by atoms with van der Waals surface area (Å²) in [5.41, 5.74) is -0.334. The lowest BCUT2D eigenvalue weighted by Gasteiger charge is -2.27. The number of esters is 2. The summed E-state index contributed by atoms with van der Waals surface area (Å²) in [4.78, 5) is 24.3. The van der Waals surface area contributed by atoms with Crippen LogP contribution < -0.4 is 0 Å². The van der Waals surface area contributed by atoms with Crippen LogP contribution in [0.25, 0.3) is 0 Å². The molecule has 3 unspecified atom stereocenters. The third kappa shape index (κ3) is 4.46. The van der Waals surface area contributed by atoms with Gasteiger partial charge in [0.25, 0.3) is 0 Å². The fraction of sp³-hybridized carbons (Fsp3) is 0.889. The van der Waals surface area contributed by atoms with E-state index < -0.39 is 5.97 Å². The average molecular weight is 326 g/mol. The van der Waals surface area contributed by atoms with Gasteiger partial charge in [-0.15, -0.1) is 0 Å². The van der Waals surface area contributed by atoms with Crippen molar-refractivity contribution >= 4 is 11.9 Å². The van der Waals surface area contributed by atoms with Crippen molar-refractivity contribution in [2.45, 2.75) is 89.9 Å². The highest BCUT2D eigenvalue weighted by atomic mass is 16.6. The number of rotatable bonds is 7. The lowest BCUT2D eigenvalue weighted by Crippen LogP contribution is -2.34. The molecule has 1 saturated heterocycles. The molecular weight excluding hydrogens is 296 g/mol. The van der Waals surface area contributed by atoms with Crippen LogP contribution in [-0.2, 0) is 23.8 Å². The first-order chi connectivity index (χ1) is 11.0. The normalized spacial score (nSPS) is 29.4. The molecule has 0 aromatic rings. The molecule has 5 nitrogen and oxygen atoms in total. The largest absolute Gasteiger partial charge is 0.457 e. The Morgan fingerprint density at radius 3 is 2.39 bits per heavy atom. The first-order valence-electron chi connectivity index (χ1n) is 9.07. The van der Waals surface area contributed by atoms with Gasteiger partial charge < -0.3 is 14.2 Å². The van der Waals surface area contributed by atoms with E-state index in [2.05, 4.69) is 0 Å². The summed E-state index contributed by atoms with van der Waals surface area (Å²) in [5, 5.41) is 0. The maximum absolute atomic E-state index is 12.3. The maximum atomic E-state index is 12.3. The monoisotopic (exact) mass is 326 g/mol. The number of ether oxygens (including phenoxy) is 3. The van der Waals surface area contributed by atoms with Crippen LogP contribution in [0, 0.1) is 5.92 Å². The van der Waals surface area contributed by atoms with E-state index in [9.17, 15) is 9.59 Å². The lowest BCUT2D eigenvalue weighted by molar-refractivity contribution is -0.172. The SMILES string of the molecule is CCC1CC(C(=O)OCC(=O)OC2(CC)CCCC2)C(CC)O1. The maximum Gasteiger partial charge on any atom is 0.344 e. The zero-order valence-electron chi connectivity index (χ0n) is 14.6. The van der Waals surface area contributed by atoms with E-state index in [4.69, 9.17) is 14.2 Å². The molecule has 0 amide bonds. The van der Waals surface area contributed by atoms with Gasteiger partial charge in [-0.05, 0) is 51.4 Å². The molecule has 1 saturated carbocycles.